The maximum atomic E-state index is 11.1. The minimum atomic E-state index is -1.07. The fourth-order valence-corrected chi connectivity index (χ4v) is 3.91. The van der Waals surface area contributed by atoms with Gasteiger partial charge in [0.2, 0.25) is 5.91 Å². The van der Waals surface area contributed by atoms with E-state index in [4.69, 9.17) is 5.11 Å². The molecule has 0 aliphatic rings. The molecule has 8 nitrogen and oxygen atoms in total. The van der Waals surface area contributed by atoms with Crippen molar-refractivity contribution in [3.63, 3.8) is 0 Å². The number of benzene rings is 1. The van der Waals surface area contributed by atoms with Crippen LogP contribution in [-0.2, 0) is 9.59 Å². The van der Waals surface area contributed by atoms with E-state index in [-0.39, 0.29) is 36.5 Å². The molecule has 1 aromatic carbocycles. The van der Waals surface area contributed by atoms with E-state index in [0.29, 0.717) is 17.7 Å². The number of aliphatic carboxylic acids is 1. The number of rotatable bonds is 15. The molecule has 0 aliphatic carbocycles. The summed E-state index contributed by atoms with van der Waals surface area (Å²) in [6, 6.07) is 6.85. The zero-order valence-electron chi connectivity index (χ0n) is 21.5. The average molecular weight is 504 g/mol. The van der Waals surface area contributed by atoms with Crippen LogP contribution in [-0.4, -0.2) is 55.7 Å². The van der Waals surface area contributed by atoms with Crippen LogP contribution < -0.4 is 5.32 Å². The predicted octanol–water partition coefficient (Wildman–Crippen LogP) is 3.59. The number of carbonyl (C=O) groups excluding carboxylic acids is 1. The highest BCUT2D eigenvalue weighted by molar-refractivity contribution is 5.88. The Kier molecular flexibility index (Phi) is 13.9. The highest BCUT2D eigenvalue weighted by Gasteiger charge is 2.26. The molecule has 36 heavy (non-hydrogen) atoms. The van der Waals surface area contributed by atoms with Gasteiger partial charge in [-0.2, -0.15) is 0 Å². The number of aliphatic hydroxyl groups excluding tert-OH is 4. The Labute approximate surface area is 213 Å². The van der Waals surface area contributed by atoms with Crippen LogP contribution in [0.25, 0.3) is 0 Å². The molecule has 0 aromatic heterocycles. The number of hydrogen-bond acceptors (Lipinski definition) is 6. The Balaban J connectivity index is 2.51. The molecule has 200 valence electrons. The quantitative estimate of drug-likeness (QED) is 0.200. The van der Waals surface area contributed by atoms with Gasteiger partial charge in [0.1, 0.15) is 0 Å². The summed E-state index contributed by atoms with van der Waals surface area (Å²) in [4.78, 5) is 21.6. The van der Waals surface area contributed by atoms with Gasteiger partial charge < -0.3 is 30.8 Å². The molecule has 0 aliphatic heterocycles. The number of amides is 1. The zero-order valence-corrected chi connectivity index (χ0v) is 21.5. The highest BCUT2D eigenvalue weighted by Crippen LogP contribution is 2.28. The fraction of sp³-hybridized carbons (Fsp3) is 0.500. The van der Waals surface area contributed by atoms with Gasteiger partial charge in [-0.25, -0.2) is 0 Å². The lowest BCUT2D eigenvalue weighted by Crippen LogP contribution is -2.29. The standard InChI is InChI=1S/C28H41NO7/c1-18(9-7-5-6-8-10-24(31)16-27(34)35)28(36)20(3)15-19(2)25(32)17-26(33)22-11-13-23(14-12-22)29-21(4)30/h5-14,18-20,24-26,28,31-33,36H,15-17H2,1-4H3,(H,29,30)(H,34,35)/b6-5+,9-7+,10-8+/t18-,19-,20-,24+,25-,26-,28-/m1/s1. The molecule has 1 rings (SSSR count). The SMILES string of the molecule is CC(=O)Nc1ccc([C@H](O)C[C@@H](O)[C@H](C)C[C@@H](C)[C@H](O)[C@H](C)/C=C/C=C/C=C/[C@H](O)CC(=O)O)cc1. The van der Waals surface area contributed by atoms with Crippen molar-refractivity contribution in [3.8, 4) is 0 Å². The molecule has 0 fully saturated rings. The van der Waals surface area contributed by atoms with Crippen molar-refractivity contribution in [2.45, 2.75) is 71.4 Å². The molecule has 0 spiro atoms. The summed E-state index contributed by atoms with van der Waals surface area (Å²) < 4.78 is 0. The van der Waals surface area contributed by atoms with Gasteiger partial charge in [0, 0.05) is 24.9 Å². The maximum Gasteiger partial charge on any atom is 0.306 e. The Hall–Kier alpha value is -2.78. The van der Waals surface area contributed by atoms with E-state index in [9.17, 15) is 30.0 Å². The lowest BCUT2D eigenvalue weighted by molar-refractivity contribution is -0.138. The first kappa shape index (κ1) is 31.3. The van der Waals surface area contributed by atoms with E-state index in [0.717, 1.165) is 0 Å². The van der Waals surface area contributed by atoms with Gasteiger partial charge in [-0.3, -0.25) is 9.59 Å². The Morgan fingerprint density at radius 1 is 0.861 bits per heavy atom. The number of anilines is 1. The van der Waals surface area contributed by atoms with Crippen molar-refractivity contribution in [2.75, 3.05) is 5.32 Å². The van der Waals surface area contributed by atoms with Gasteiger partial charge in [0.25, 0.3) is 0 Å². The first-order valence-corrected chi connectivity index (χ1v) is 12.2. The van der Waals surface area contributed by atoms with Gasteiger partial charge >= 0.3 is 5.97 Å². The summed E-state index contributed by atoms with van der Waals surface area (Å²) in [7, 11) is 0. The van der Waals surface area contributed by atoms with Crippen LogP contribution in [0.4, 0.5) is 5.69 Å². The second-order valence-electron chi connectivity index (χ2n) is 9.48. The second-order valence-corrected chi connectivity index (χ2v) is 9.48. The number of hydrogen-bond donors (Lipinski definition) is 6. The van der Waals surface area contributed by atoms with Crippen LogP contribution in [0.2, 0.25) is 0 Å². The first-order chi connectivity index (χ1) is 16.9. The Morgan fingerprint density at radius 2 is 1.44 bits per heavy atom. The van der Waals surface area contributed by atoms with Crippen molar-refractivity contribution < 1.29 is 35.1 Å². The molecule has 0 saturated carbocycles. The van der Waals surface area contributed by atoms with Gasteiger partial charge in [-0.1, -0.05) is 69.4 Å². The van der Waals surface area contributed by atoms with Crippen LogP contribution in [0.15, 0.2) is 60.7 Å². The van der Waals surface area contributed by atoms with Gasteiger partial charge in [0.15, 0.2) is 0 Å². The van der Waals surface area contributed by atoms with Crippen molar-refractivity contribution in [1.29, 1.82) is 0 Å². The lowest BCUT2D eigenvalue weighted by atomic mass is 9.83. The lowest BCUT2D eigenvalue weighted by Gasteiger charge is -2.28. The highest BCUT2D eigenvalue weighted by atomic mass is 16.4. The van der Waals surface area contributed by atoms with Crippen LogP contribution in [0.1, 0.15) is 58.6 Å². The van der Waals surface area contributed by atoms with E-state index in [1.54, 1.807) is 48.6 Å². The van der Waals surface area contributed by atoms with Crippen molar-refractivity contribution in [3.05, 3.63) is 66.3 Å². The van der Waals surface area contributed by atoms with Crippen LogP contribution in [0.5, 0.6) is 0 Å². The smallest absolute Gasteiger partial charge is 0.306 e. The molecule has 1 amide bonds. The minimum absolute atomic E-state index is 0.0848. The normalized spacial score (nSPS) is 18.1. The van der Waals surface area contributed by atoms with Crippen molar-refractivity contribution in [2.24, 2.45) is 17.8 Å². The molecule has 0 unspecified atom stereocenters. The van der Waals surface area contributed by atoms with E-state index in [1.165, 1.54) is 13.0 Å². The molecule has 7 atom stereocenters. The second kappa shape index (κ2) is 16.1. The molecular weight excluding hydrogens is 462 g/mol. The topological polar surface area (TPSA) is 147 Å². The summed E-state index contributed by atoms with van der Waals surface area (Å²) in [5.74, 6) is -1.60. The third-order valence-corrected chi connectivity index (χ3v) is 6.07. The third kappa shape index (κ3) is 12.3. The maximum absolute atomic E-state index is 11.1. The number of carboxylic acid groups (broad SMARTS) is 1. The summed E-state index contributed by atoms with van der Waals surface area (Å²) in [5.41, 5.74) is 1.29. The van der Waals surface area contributed by atoms with Gasteiger partial charge in [-0.15, -0.1) is 0 Å². The Bertz CT molecular complexity index is 894. The Morgan fingerprint density at radius 3 is 2.00 bits per heavy atom. The van der Waals surface area contributed by atoms with Crippen LogP contribution >= 0.6 is 0 Å². The number of carbonyl (C=O) groups is 2. The molecule has 1 aromatic rings. The minimum Gasteiger partial charge on any atom is -0.481 e. The average Bonchev–Trinajstić information content (AvgIpc) is 2.79. The number of nitrogens with one attached hydrogen (secondary N) is 1. The van der Waals surface area contributed by atoms with Crippen molar-refractivity contribution in [1.82, 2.24) is 0 Å². The number of carboxylic acids is 1. The molecule has 0 heterocycles. The van der Waals surface area contributed by atoms with Crippen molar-refractivity contribution >= 4 is 17.6 Å². The van der Waals surface area contributed by atoms with E-state index in [2.05, 4.69) is 5.32 Å². The number of aliphatic hydroxyl groups is 4. The van der Waals surface area contributed by atoms with Gasteiger partial charge in [0.05, 0.1) is 30.8 Å². The van der Waals surface area contributed by atoms with E-state index < -0.39 is 30.4 Å². The predicted molar refractivity (Wildman–Crippen MR) is 140 cm³/mol. The summed E-state index contributed by atoms with van der Waals surface area (Å²) in [6.07, 6.45) is 7.14. The molecule has 8 heteroatoms. The largest absolute Gasteiger partial charge is 0.481 e. The van der Waals surface area contributed by atoms with Crippen LogP contribution in [0, 0.1) is 17.8 Å². The summed E-state index contributed by atoms with van der Waals surface area (Å²) in [6.45, 7) is 7.15. The molecule has 0 saturated heterocycles. The molecule has 6 N–H and O–H groups in total. The third-order valence-electron chi connectivity index (χ3n) is 6.07. The molecule has 0 bridgehead atoms. The van der Waals surface area contributed by atoms with E-state index >= 15 is 0 Å². The van der Waals surface area contributed by atoms with Gasteiger partial charge in [-0.05, 0) is 36.0 Å². The monoisotopic (exact) mass is 503 g/mol. The molecule has 0 radical (unpaired) electrons. The molecular formula is C28H41NO7. The zero-order chi connectivity index (χ0) is 27.3. The van der Waals surface area contributed by atoms with E-state index in [1.807, 2.05) is 26.8 Å². The first-order valence-electron chi connectivity index (χ1n) is 12.2. The van der Waals surface area contributed by atoms with Crippen LogP contribution in [0.3, 0.4) is 0 Å². The summed E-state index contributed by atoms with van der Waals surface area (Å²) in [5, 5.41) is 52.6. The summed E-state index contributed by atoms with van der Waals surface area (Å²) >= 11 is 0. The number of allylic oxidation sites excluding steroid dienone is 4. The fourth-order valence-electron chi connectivity index (χ4n) is 3.91.